The van der Waals surface area contributed by atoms with Crippen LogP contribution in [0.15, 0.2) is 0 Å². The Labute approximate surface area is 99.8 Å². The molecule has 1 rings (SSSR count). The van der Waals surface area contributed by atoms with E-state index in [4.69, 9.17) is 9.84 Å². The van der Waals surface area contributed by atoms with Crippen molar-refractivity contribution in [3.05, 3.63) is 0 Å². The quantitative estimate of drug-likeness (QED) is 0.756. The summed E-state index contributed by atoms with van der Waals surface area (Å²) in [6, 6.07) is 0. The van der Waals surface area contributed by atoms with Gasteiger partial charge in [0, 0.05) is 18.6 Å². The van der Waals surface area contributed by atoms with Crippen LogP contribution in [0.3, 0.4) is 0 Å². The number of piperidine rings is 1. The molecule has 0 amide bonds. The molecule has 0 aliphatic carbocycles. The molecule has 3 heteroatoms. The van der Waals surface area contributed by atoms with Crippen LogP contribution >= 0.6 is 0 Å². The Bertz CT molecular complexity index is 186. The van der Waals surface area contributed by atoms with Crippen molar-refractivity contribution < 1.29 is 9.84 Å². The number of rotatable bonds is 6. The van der Waals surface area contributed by atoms with Crippen LogP contribution in [0.2, 0.25) is 0 Å². The van der Waals surface area contributed by atoms with Gasteiger partial charge in [0.2, 0.25) is 0 Å². The fraction of sp³-hybridized carbons (Fsp3) is 1.00. The smallest absolute Gasteiger partial charge is 0.0701 e. The highest BCUT2D eigenvalue weighted by Gasteiger charge is 2.29. The topological polar surface area (TPSA) is 32.7 Å². The SMILES string of the molecule is CCCC(C)(C)N1CCC(OCCO)CC1. The summed E-state index contributed by atoms with van der Waals surface area (Å²) in [7, 11) is 0. The van der Waals surface area contributed by atoms with Gasteiger partial charge in [-0.15, -0.1) is 0 Å². The van der Waals surface area contributed by atoms with Gasteiger partial charge in [0.15, 0.2) is 0 Å². The first-order chi connectivity index (χ1) is 7.60. The molecule has 0 unspecified atom stereocenters. The van der Waals surface area contributed by atoms with Gasteiger partial charge in [-0.25, -0.2) is 0 Å². The molecule has 0 bridgehead atoms. The standard InChI is InChI=1S/C13H27NO2/c1-4-7-13(2,3)14-8-5-12(6-9-14)16-11-10-15/h12,15H,4-11H2,1-3H3. The van der Waals surface area contributed by atoms with Gasteiger partial charge in [-0.1, -0.05) is 13.3 Å². The molecule has 1 N–H and O–H groups in total. The van der Waals surface area contributed by atoms with E-state index in [2.05, 4.69) is 25.7 Å². The number of hydrogen-bond donors (Lipinski definition) is 1. The summed E-state index contributed by atoms with van der Waals surface area (Å²) in [5.74, 6) is 0. The Hall–Kier alpha value is -0.120. The zero-order chi connectivity index (χ0) is 12.0. The number of aliphatic hydroxyl groups excluding tert-OH is 1. The second-order valence-corrected chi connectivity index (χ2v) is 5.34. The molecule has 1 aliphatic rings. The third-order valence-corrected chi connectivity index (χ3v) is 3.60. The molecule has 0 aromatic rings. The normalized spacial score (nSPS) is 20.2. The van der Waals surface area contributed by atoms with Crippen molar-refractivity contribution in [1.82, 2.24) is 4.90 Å². The van der Waals surface area contributed by atoms with Gasteiger partial charge in [0.1, 0.15) is 0 Å². The van der Waals surface area contributed by atoms with Crippen LogP contribution in [0.4, 0.5) is 0 Å². The zero-order valence-electron chi connectivity index (χ0n) is 11.0. The van der Waals surface area contributed by atoms with Gasteiger partial charge in [-0.3, -0.25) is 4.90 Å². The number of hydrogen-bond acceptors (Lipinski definition) is 3. The first-order valence-corrected chi connectivity index (χ1v) is 6.57. The number of ether oxygens (including phenoxy) is 1. The third kappa shape index (κ3) is 4.04. The number of nitrogens with zero attached hydrogens (tertiary/aromatic N) is 1. The Kier molecular flexibility index (Phi) is 5.73. The van der Waals surface area contributed by atoms with Crippen molar-refractivity contribution in [2.45, 2.75) is 58.1 Å². The Balaban J connectivity index is 2.30. The summed E-state index contributed by atoms with van der Waals surface area (Å²) in [6.45, 7) is 9.81. The minimum Gasteiger partial charge on any atom is -0.394 e. The lowest BCUT2D eigenvalue weighted by Crippen LogP contribution is -2.49. The molecule has 0 atom stereocenters. The van der Waals surface area contributed by atoms with E-state index in [9.17, 15) is 0 Å². The molecular weight excluding hydrogens is 202 g/mol. The summed E-state index contributed by atoms with van der Waals surface area (Å²) in [5, 5.41) is 8.71. The van der Waals surface area contributed by atoms with Gasteiger partial charge in [-0.05, 0) is 33.1 Å². The van der Waals surface area contributed by atoms with Crippen LogP contribution in [0.25, 0.3) is 0 Å². The van der Waals surface area contributed by atoms with Crippen LogP contribution in [0.1, 0.15) is 46.5 Å². The molecule has 0 aromatic heterocycles. The molecule has 0 radical (unpaired) electrons. The summed E-state index contributed by atoms with van der Waals surface area (Å²) in [4.78, 5) is 2.58. The molecule has 1 saturated heterocycles. The summed E-state index contributed by atoms with van der Waals surface area (Å²) in [5.41, 5.74) is 0.330. The van der Waals surface area contributed by atoms with E-state index in [1.807, 2.05) is 0 Å². The molecule has 0 spiro atoms. The van der Waals surface area contributed by atoms with Crippen molar-refractivity contribution in [3.63, 3.8) is 0 Å². The van der Waals surface area contributed by atoms with Crippen LogP contribution in [0.5, 0.6) is 0 Å². The first-order valence-electron chi connectivity index (χ1n) is 6.57. The maximum Gasteiger partial charge on any atom is 0.0701 e. The monoisotopic (exact) mass is 229 g/mol. The lowest BCUT2D eigenvalue weighted by Gasteiger charge is -2.43. The lowest BCUT2D eigenvalue weighted by atomic mass is 9.93. The average molecular weight is 229 g/mol. The van der Waals surface area contributed by atoms with Crippen molar-refractivity contribution in [3.8, 4) is 0 Å². The highest BCUT2D eigenvalue weighted by molar-refractivity contribution is 4.85. The van der Waals surface area contributed by atoms with E-state index in [-0.39, 0.29) is 6.61 Å². The van der Waals surface area contributed by atoms with Gasteiger partial charge < -0.3 is 9.84 Å². The van der Waals surface area contributed by atoms with Crippen LogP contribution in [0, 0.1) is 0 Å². The van der Waals surface area contributed by atoms with Gasteiger partial charge in [-0.2, -0.15) is 0 Å². The van der Waals surface area contributed by atoms with Crippen molar-refractivity contribution in [2.24, 2.45) is 0 Å². The first kappa shape index (κ1) is 13.9. The fourth-order valence-corrected chi connectivity index (χ4v) is 2.62. The predicted octanol–water partition coefficient (Wildman–Crippen LogP) is 2.04. The second-order valence-electron chi connectivity index (χ2n) is 5.34. The molecule has 0 aromatic carbocycles. The molecule has 1 heterocycles. The summed E-state index contributed by atoms with van der Waals surface area (Å²) < 4.78 is 5.58. The fourth-order valence-electron chi connectivity index (χ4n) is 2.62. The van der Waals surface area contributed by atoms with E-state index in [0.717, 1.165) is 25.9 Å². The summed E-state index contributed by atoms with van der Waals surface area (Å²) in [6.07, 6.45) is 5.07. The molecule has 1 fully saturated rings. The Morgan fingerprint density at radius 3 is 2.44 bits per heavy atom. The lowest BCUT2D eigenvalue weighted by molar-refractivity contribution is -0.0283. The Morgan fingerprint density at radius 2 is 1.94 bits per heavy atom. The second kappa shape index (κ2) is 6.58. The van der Waals surface area contributed by atoms with Gasteiger partial charge >= 0.3 is 0 Å². The van der Waals surface area contributed by atoms with Crippen molar-refractivity contribution >= 4 is 0 Å². The number of likely N-dealkylation sites (tertiary alicyclic amines) is 1. The van der Waals surface area contributed by atoms with E-state index >= 15 is 0 Å². The maximum atomic E-state index is 8.71. The minimum absolute atomic E-state index is 0.140. The summed E-state index contributed by atoms with van der Waals surface area (Å²) >= 11 is 0. The van der Waals surface area contributed by atoms with Crippen LogP contribution in [-0.2, 0) is 4.74 Å². The minimum atomic E-state index is 0.140. The largest absolute Gasteiger partial charge is 0.394 e. The molecule has 96 valence electrons. The highest BCUT2D eigenvalue weighted by atomic mass is 16.5. The van der Waals surface area contributed by atoms with E-state index in [1.54, 1.807) is 0 Å². The molecule has 0 saturated carbocycles. The van der Waals surface area contributed by atoms with Gasteiger partial charge in [0.05, 0.1) is 19.3 Å². The average Bonchev–Trinajstić information content (AvgIpc) is 2.27. The van der Waals surface area contributed by atoms with Crippen molar-refractivity contribution in [1.29, 1.82) is 0 Å². The number of aliphatic hydroxyl groups is 1. The van der Waals surface area contributed by atoms with Crippen LogP contribution in [-0.4, -0.2) is 48.0 Å². The molecule has 3 nitrogen and oxygen atoms in total. The van der Waals surface area contributed by atoms with E-state index < -0.39 is 0 Å². The highest BCUT2D eigenvalue weighted by Crippen LogP contribution is 2.25. The van der Waals surface area contributed by atoms with E-state index in [0.29, 0.717) is 18.2 Å². The molecule has 1 aliphatic heterocycles. The molecule has 16 heavy (non-hydrogen) atoms. The predicted molar refractivity (Wildman–Crippen MR) is 66.6 cm³/mol. The van der Waals surface area contributed by atoms with Crippen molar-refractivity contribution in [2.75, 3.05) is 26.3 Å². The maximum absolute atomic E-state index is 8.71. The zero-order valence-corrected chi connectivity index (χ0v) is 11.0. The Morgan fingerprint density at radius 1 is 1.31 bits per heavy atom. The third-order valence-electron chi connectivity index (χ3n) is 3.60. The van der Waals surface area contributed by atoms with Crippen LogP contribution < -0.4 is 0 Å². The van der Waals surface area contributed by atoms with E-state index in [1.165, 1.54) is 12.8 Å². The van der Waals surface area contributed by atoms with Gasteiger partial charge in [0.25, 0.3) is 0 Å². The molecular formula is C13H27NO2.